The minimum Gasteiger partial charge on any atom is -0.380 e. The summed E-state index contributed by atoms with van der Waals surface area (Å²) in [6.45, 7) is 0.689. The van der Waals surface area contributed by atoms with Gasteiger partial charge in [0.05, 0.1) is 17.3 Å². The molecule has 0 aliphatic heterocycles. The maximum Gasteiger partial charge on any atom is 0.183 e. The molecule has 0 atom stereocenters. The maximum absolute atomic E-state index is 6.03. The van der Waals surface area contributed by atoms with Crippen LogP contribution in [0.5, 0.6) is 0 Å². The van der Waals surface area contributed by atoms with Crippen LogP contribution in [0, 0.1) is 0 Å². The number of nitrogens with zero attached hydrogens (tertiary/aromatic N) is 3. The van der Waals surface area contributed by atoms with E-state index in [-0.39, 0.29) is 0 Å². The Kier molecular flexibility index (Phi) is 4.14. The third-order valence-electron chi connectivity index (χ3n) is 3.57. The molecule has 0 radical (unpaired) electrons. The fourth-order valence-corrected chi connectivity index (χ4v) is 3.53. The van der Waals surface area contributed by atoms with Crippen molar-refractivity contribution in [3.63, 3.8) is 0 Å². The zero-order chi connectivity index (χ0) is 16.5. The Hall–Kier alpha value is -2.08. The molecule has 0 aliphatic carbocycles. The lowest BCUT2D eigenvalue weighted by molar-refractivity contribution is 1.17. The fraction of sp³-hybridized carbons (Fsp3) is 0.0588. The molecule has 1 N–H and O–H groups in total. The van der Waals surface area contributed by atoms with Gasteiger partial charge in [-0.15, -0.1) is 11.3 Å². The summed E-state index contributed by atoms with van der Waals surface area (Å²) in [5.41, 5.74) is 3.84. The molecule has 120 valence electrons. The van der Waals surface area contributed by atoms with Crippen molar-refractivity contribution in [2.45, 2.75) is 6.54 Å². The molecule has 4 nitrogen and oxygen atoms in total. The molecule has 4 aromatic rings. The highest BCUT2D eigenvalue weighted by Gasteiger charge is 2.06. The van der Waals surface area contributed by atoms with Crippen LogP contribution < -0.4 is 5.32 Å². The molecule has 1 aromatic carbocycles. The number of fused-ring (bicyclic) bond motifs is 1. The van der Waals surface area contributed by atoms with Crippen molar-refractivity contribution in [2.75, 3.05) is 5.32 Å². The van der Waals surface area contributed by atoms with Crippen LogP contribution in [-0.4, -0.2) is 14.4 Å². The topological polar surface area (TPSA) is 42.2 Å². The van der Waals surface area contributed by atoms with Crippen LogP contribution >= 0.6 is 34.5 Å². The summed E-state index contributed by atoms with van der Waals surface area (Å²) in [4.78, 5) is 9.77. The lowest BCUT2D eigenvalue weighted by Crippen LogP contribution is -1.97. The molecule has 0 spiro atoms. The maximum atomic E-state index is 6.03. The van der Waals surface area contributed by atoms with Gasteiger partial charge in [-0.2, -0.15) is 0 Å². The summed E-state index contributed by atoms with van der Waals surface area (Å²) in [6, 6.07) is 11.9. The Morgan fingerprint density at radius 1 is 1.12 bits per heavy atom. The fourth-order valence-electron chi connectivity index (χ4n) is 2.45. The molecule has 0 amide bonds. The van der Waals surface area contributed by atoms with Crippen LogP contribution in [0.1, 0.15) is 4.88 Å². The molecule has 0 fully saturated rings. The normalized spacial score (nSPS) is 11.1. The lowest BCUT2D eigenvalue weighted by Gasteiger charge is -2.06. The average molecular weight is 375 g/mol. The number of benzene rings is 1. The number of rotatable bonds is 4. The number of nitrogens with one attached hydrogen (secondary N) is 1. The molecule has 0 bridgehead atoms. The first-order valence-corrected chi connectivity index (χ1v) is 8.83. The van der Waals surface area contributed by atoms with Gasteiger partial charge in [-0.25, -0.2) is 9.97 Å². The molecule has 24 heavy (non-hydrogen) atoms. The van der Waals surface area contributed by atoms with Gasteiger partial charge in [0.1, 0.15) is 5.65 Å². The van der Waals surface area contributed by atoms with E-state index >= 15 is 0 Å². The molecule has 0 aliphatic rings. The van der Waals surface area contributed by atoms with Crippen LogP contribution in [0.4, 0.5) is 5.69 Å². The first-order valence-electron chi connectivity index (χ1n) is 7.26. The van der Waals surface area contributed by atoms with Gasteiger partial charge in [-0.05, 0) is 24.3 Å². The number of pyridine rings is 1. The van der Waals surface area contributed by atoms with E-state index < -0.39 is 0 Å². The van der Waals surface area contributed by atoms with Gasteiger partial charge in [-0.1, -0.05) is 35.3 Å². The van der Waals surface area contributed by atoms with Gasteiger partial charge in [0.15, 0.2) is 4.47 Å². The van der Waals surface area contributed by atoms with E-state index in [1.807, 2.05) is 47.1 Å². The van der Waals surface area contributed by atoms with E-state index in [0.717, 1.165) is 27.5 Å². The van der Waals surface area contributed by atoms with Crippen molar-refractivity contribution >= 4 is 45.9 Å². The Morgan fingerprint density at radius 2 is 2.04 bits per heavy atom. The standard InChI is InChI=1S/C17H12Cl2N4S/c18-12-4-5-16-22-15(10-23(16)9-12)11-2-1-3-13(6-11)20-7-14-8-21-17(19)24-14/h1-6,8-10,20H,7H2. The third-order valence-corrected chi connectivity index (χ3v) is 4.90. The van der Waals surface area contributed by atoms with Crippen molar-refractivity contribution in [1.82, 2.24) is 14.4 Å². The molecule has 7 heteroatoms. The van der Waals surface area contributed by atoms with E-state index in [9.17, 15) is 0 Å². The summed E-state index contributed by atoms with van der Waals surface area (Å²) in [5, 5.41) is 4.07. The number of hydrogen-bond donors (Lipinski definition) is 1. The van der Waals surface area contributed by atoms with Crippen LogP contribution in [0.2, 0.25) is 9.49 Å². The highest BCUT2D eigenvalue weighted by atomic mass is 35.5. The van der Waals surface area contributed by atoms with E-state index in [1.165, 1.54) is 11.3 Å². The minimum absolute atomic E-state index is 0.559. The van der Waals surface area contributed by atoms with Crippen LogP contribution in [0.3, 0.4) is 0 Å². The SMILES string of the molecule is Clc1ccc2nc(-c3cccc(NCc4cnc(Cl)s4)c3)cn2c1. The van der Waals surface area contributed by atoms with E-state index in [0.29, 0.717) is 16.0 Å². The number of thiazole rings is 1. The molecule has 3 aromatic heterocycles. The van der Waals surface area contributed by atoms with Crippen molar-refractivity contribution in [3.05, 3.63) is 69.4 Å². The van der Waals surface area contributed by atoms with Crippen molar-refractivity contribution in [3.8, 4) is 11.3 Å². The molecule has 4 rings (SSSR count). The first kappa shape index (κ1) is 15.4. The van der Waals surface area contributed by atoms with Gasteiger partial charge >= 0.3 is 0 Å². The number of imidazole rings is 1. The van der Waals surface area contributed by atoms with Crippen LogP contribution in [0.25, 0.3) is 16.9 Å². The van der Waals surface area contributed by atoms with Gasteiger partial charge < -0.3 is 9.72 Å². The van der Waals surface area contributed by atoms with Gasteiger partial charge in [0.2, 0.25) is 0 Å². The lowest BCUT2D eigenvalue weighted by atomic mass is 10.1. The first-order chi connectivity index (χ1) is 11.7. The van der Waals surface area contributed by atoms with E-state index in [4.69, 9.17) is 23.2 Å². The second-order valence-electron chi connectivity index (χ2n) is 5.25. The highest BCUT2D eigenvalue weighted by molar-refractivity contribution is 7.15. The molecule has 3 heterocycles. The predicted octanol–water partition coefficient (Wildman–Crippen LogP) is 5.38. The molecular weight excluding hydrogens is 363 g/mol. The quantitative estimate of drug-likeness (QED) is 0.521. The van der Waals surface area contributed by atoms with Crippen LogP contribution in [0.15, 0.2) is 55.0 Å². The third kappa shape index (κ3) is 3.24. The van der Waals surface area contributed by atoms with E-state index in [2.05, 4.69) is 21.4 Å². The summed E-state index contributed by atoms with van der Waals surface area (Å²) >= 11 is 13.4. The number of hydrogen-bond acceptors (Lipinski definition) is 4. The Bertz CT molecular complexity index is 1010. The predicted molar refractivity (Wildman–Crippen MR) is 100 cm³/mol. The van der Waals surface area contributed by atoms with Crippen molar-refractivity contribution < 1.29 is 0 Å². The van der Waals surface area contributed by atoms with Crippen LogP contribution in [-0.2, 0) is 6.54 Å². The largest absolute Gasteiger partial charge is 0.380 e. The van der Waals surface area contributed by atoms with Gasteiger partial charge in [0.25, 0.3) is 0 Å². The number of halogens is 2. The van der Waals surface area contributed by atoms with E-state index in [1.54, 1.807) is 6.20 Å². The molecular formula is C17H12Cl2N4S. The molecule has 0 unspecified atom stereocenters. The van der Waals surface area contributed by atoms with Crippen molar-refractivity contribution in [2.24, 2.45) is 0 Å². The highest BCUT2D eigenvalue weighted by Crippen LogP contribution is 2.24. The Labute approximate surface area is 152 Å². The van der Waals surface area contributed by atoms with Gasteiger partial charge in [-0.3, -0.25) is 0 Å². The summed E-state index contributed by atoms with van der Waals surface area (Å²) in [5.74, 6) is 0. The second kappa shape index (κ2) is 6.43. The number of anilines is 1. The summed E-state index contributed by atoms with van der Waals surface area (Å²) in [7, 11) is 0. The molecule has 0 saturated carbocycles. The second-order valence-corrected chi connectivity index (χ2v) is 7.39. The van der Waals surface area contributed by atoms with Gasteiger partial charge in [0, 0.05) is 34.7 Å². The molecule has 0 saturated heterocycles. The summed E-state index contributed by atoms with van der Waals surface area (Å²) in [6.07, 6.45) is 5.61. The monoisotopic (exact) mass is 374 g/mol. The Morgan fingerprint density at radius 3 is 2.88 bits per heavy atom. The zero-order valence-corrected chi connectivity index (χ0v) is 14.7. The average Bonchev–Trinajstić information content (AvgIpc) is 3.19. The Balaban J connectivity index is 1.58. The number of aromatic nitrogens is 3. The minimum atomic E-state index is 0.559. The van der Waals surface area contributed by atoms with Crippen molar-refractivity contribution in [1.29, 1.82) is 0 Å². The zero-order valence-electron chi connectivity index (χ0n) is 12.4. The smallest absolute Gasteiger partial charge is 0.183 e. The summed E-state index contributed by atoms with van der Waals surface area (Å²) < 4.78 is 2.49.